The van der Waals surface area contributed by atoms with E-state index < -0.39 is 0 Å². The molecule has 0 aliphatic rings. The SMILES string of the molecule is Cc1ccc(NC(=O)C=Cc2ccco2)c(NC(=O)C=Cc2ccco2)c1. The van der Waals surface area contributed by atoms with Crippen molar-refractivity contribution in [3.63, 3.8) is 0 Å². The Kier molecular flexibility index (Phi) is 5.69. The second-order valence-corrected chi connectivity index (χ2v) is 5.73. The van der Waals surface area contributed by atoms with E-state index in [2.05, 4.69) is 10.6 Å². The van der Waals surface area contributed by atoms with Crippen LogP contribution in [0.4, 0.5) is 11.4 Å². The number of amides is 2. The summed E-state index contributed by atoms with van der Waals surface area (Å²) in [4.78, 5) is 24.3. The van der Waals surface area contributed by atoms with Gasteiger partial charge in [-0.1, -0.05) is 6.07 Å². The molecule has 0 saturated carbocycles. The van der Waals surface area contributed by atoms with Gasteiger partial charge in [-0.3, -0.25) is 9.59 Å². The number of benzene rings is 1. The van der Waals surface area contributed by atoms with Crippen LogP contribution in [0.15, 0.2) is 76.0 Å². The average molecular weight is 362 g/mol. The van der Waals surface area contributed by atoms with Gasteiger partial charge in [-0.15, -0.1) is 0 Å². The fraction of sp³-hybridized carbons (Fsp3) is 0.0476. The van der Waals surface area contributed by atoms with Gasteiger partial charge in [0.15, 0.2) is 0 Å². The predicted octanol–water partition coefficient (Wildman–Crippen LogP) is 4.48. The molecule has 6 nitrogen and oxygen atoms in total. The first-order valence-corrected chi connectivity index (χ1v) is 8.26. The Bertz CT molecular complexity index is 968. The number of anilines is 2. The van der Waals surface area contributed by atoms with E-state index in [1.807, 2.05) is 13.0 Å². The van der Waals surface area contributed by atoms with Gasteiger partial charge < -0.3 is 19.5 Å². The summed E-state index contributed by atoms with van der Waals surface area (Å²) in [7, 11) is 0. The van der Waals surface area contributed by atoms with Crippen molar-refractivity contribution >= 4 is 35.3 Å². The Morgan fingerprint density at radius 1 is 0.815 bits per heavy atom. The van der Waals surface area contributed by atoms with Crippen LogP contribution in [0.5, 0.6) is 0 Å². The number of rotatable bonds is 6. The van der Waals surface area contributed by atoms with Crippen molar-refractivity contribution in [2.24, 2.45) is 0 Å². The van der Waals surface area contributed by atoms with E-state index in [1.165, 1.54) is 24.7 Å². The maximum Gasteiger partial charge on any atom is 0.248 e. The average Bonchev–Trinajstić information content (AvgIpc) is 3.34. The summed E-state index contributed by atoms with van der Waals surface area (Å²) in [5.74, 6) is 0.479. The van der Waals surface area contributed by atoms with Crippen molar-refractivity contribution < 1.29 is 18.4 Å². The molecule has 136 valence electrons. The Hall–Kier alpha value is -3.80. The topological polar surface area (TPSA) is 84.5 Å². The number of hydrogen-bond donors (Lipinski definition) is 2. The van der Waals surface area contributed by atoms with E-state index >= 15 is 0 Å². The Morgan fingerprint density at radius 2 is 1.37 bits per heavy atom. The lowest BCUT2D eigenvalue weighted by molar-refractivity contribution is -0.112. The third-order valence-electron chi connectivity index (χ3n) is 3.58. The number of carbonyl (C=O) groups is 2. The third-order valence-corrected chi connectivity index (χ3v) is 3.58. The molecule has 3 rings (SSSR count). The van der Waals surface area contributed by atoms with Gasteiger partial charge in [0.05, 0.1) is 23.9 Å². The van der Waals surface area contributed by atoms with E-state index in [9.17, 15) is 9.59 Å². The molecule has 0 saturated heterocycles. The van der Waals surface area contributed by atoms with Crippen molar-refractivity contribution in [3.8, 4) is 0 Å². The molecule has 2 aromatic heterocycles. The fourth-order valence-electron chi connectivity index (χ4n) is 2.31. The highest BCUT2D eigenvalue weighted by atomic mass is 16.3. The Labute approximate surface area is 156 Å². The standard InChI is InChI=1S/C21H18N2O4/c1-15-6-9-18(22-20(24)10-7-16-4-2-12-26-16)19(14-15)23-21(25)11-8-17-5-3-13-27-17/h2-14H,1H3,(H,22,24)(H,23,25). The lowest BCUT2D eigenvalue weighted by Gasteiger charge is -2.11. The first-order valence-electron chi connectivity index (χ1n) is 8.26. The number of nitrogens with one attached hydrogen (secondary N) is 2. The van der Waals surface area contributed by atoms with Gasteiger partial charge in [0.25, 0.3) is 0 Å². The fourth-order valence-corrected chi connectivity index (χ4v) is 2.31. The van der Waals surface area contributed by atoms with Gasteiger partial charge >= 0.3 is 0 Å². The number of furan rings is 2. The minimum absolute atomic E-state index is 0.335. The van der Waals surface area contributed by atoms with Crippen LogP contribution in [0.1, 0.15) is 17.1 Å². The van der Waals surface area contributed by atoms with Gasteiger partial charge in [0.1, 0.15) is 11.5 Å². The molecule has 0 bridgehead atoms. The van der Waals surface area contributed by atoms with Gasteiger partial charge in [-0.25, -0.2) is 0 Å². The van der Waals surface area contributed by atoms with Crippen LogP contribution in [-0.4, -0.2) is 11.8 Å². The molecule has 2 heterocycles. The summed E-state index contributed by atoms with van der Waals surface area (Å²) in [6.45, 7) is 1.90. The quantitative estimate of drug-likeness (QED) is 0.633. The molecule has 2 N–H and O–H groups in total. The molecule has 0 aliphatic heterocycles. The Balaban J connectivity index is 1.69. The summed E-state index contributed by atoms with van der Waals surface area (Å²) >= 11 is 0. The first kappa shape index (κ1) is 18.0. The van der Waals surface area contributed by atoms with Crippen LogP contribution < -0.4 is 10.6 Å². The second-order valence-electron chi connectivity index (χ2n) is 5.73. The molecular weight excluding hydrogens is 344 g/mol. The molecule has 1 aromatic carbocycles. The highest BCUT2D eigenvalue weighted by Gasteiger charge is 2.08. The van der Waals surface area contributed by atoms with Crippen LogP contribution in [0.3, 0.4) is 0 Å². The zero-order chi connectivity index (χ0) is 19.1. The van der Waals surface area contributed by atoms with E-state index in [-0.39, 0.29) is 11.8 Å². The van der Waals surface area contributed by atoms with Crippen molar-refractivity contribution in [2.75, 3.05) is 10.6 Å². The van der Waals surface area contributed by atoms with E-state index in [4.69, 9.17) is 8.83 Å². The first-order chi connectivity index (χ1) is 13.1. The number of hydrogen-bond acceptors (Lipinski definition) is 4. The zero-order valence-electron chi connectivity index (χ0n) is 14.6. The summed E-state index contributed by atoms with van der Waals surface area (Å²) in [5, 5.41) is 5.51. The molecular formula is C21H18N2O4. The minimum atomic E-state index is -0.336. The van der Waals surface area contributed by atoms with E-state index in [0.29, 0.717) is 22.9 Å². The molecule has 6 heteroatoms. The molecule has 0 unspecified atom stereocenters. The van der Waals surface area contributed by atoms with Crippen LogP contribution in [0, 0.1) is 6.92 Å². The summed E-state index contributed by atoms with van der Waals surface area (Å²) < 4.78 is 10.3. The Morgan fingerprint density at radius 3 is 1.89 bits per heavy atom. The summed E-state index contributed by atoms with van der Waals surface area (Å²) in [6, 6.07) is 12.3. The van der Waals surface area contributed by atoms with Crippen LogP contribution in [0.2, 0.25) is 0 Å². The van der Waals surface area contributed by atoms with Gasteiger partial charge in [0, 0.05) is 12.2 Å². The zero-order valence-corrected chi connectivity index (χ0v) is 14.6. The maximum atomic E-state index is 12.2. The molecule has 2 amide bonds. The van der Waals surface area contributed by atoms with Crippen molar-refractivity contribution in [1.82, 2.24) is 0 Å². The third kappa shape index (κ3) is 5.34. The highest BCUT2D eigenvalue weighted by molar-refractivity contribution is 6.07. The smallest absolute Gasteiger partial charge is 0.248 e. The summed E-state index contributed by atoms with van der Waals surface area (Å²) in [6.07, 6.45) is 8.91. The van der Waals surface area contributed by atoms with Crippen LogP contribution in [-0.2, 0) is 9.59 Å². The van der Waals surface area contributed by atoms with Crippen molar-refractivity contribution in [1.29, 1.82) is 0 Å². The van der Waals surface area contributed by atoms with Crippen molar-refractivity contribution in [3.05, 3.63) is 84.2 Å². The van der Waals surface area contributed by atoms with Crippen LogP contribution in [0.25, 0.3) is 12.2 Å². The highest BCUT2D eigenvalue weighted by Crippen LogP contribution is 2.23. The van der Waals surface area contributed by atoms with E-state index in [0.717, 1.165) is 5.56 Å². The molecule has 3 aromatic rings. The number of aryl methyl sites for hydroxylation is 1. The molecule has 0 atom stereocenters. The summed E-state index contributed by atoms with van der Waals surface area (Å²) in [5.41, 5.74) is 1.95. The van der Waals surface area contributed by atoms with Crippen molar-refractivity contribution in [2.45, 2.75) is 6.92 Å². The minimum Gasteiger partial charge on any atom is -0.465 e. The van der Waals surface area contributed by atoms with Gasteiger partial charge in [0.2, 0.25) is 11.8 Å². The van der Waals surface area contributed by atoms with Gasteiger partial charge in [-0.05, 0) is 61.0 Å². The lowest BCUT2D eigenvalue weighted by Crippen LogP contribution is -2.13. The lowest BCUT2D eigenvalue weighted by atomic mass is 10.2. The molecule has 0 fully saturated rings. The molecule has 0 spiro atoms. The molecule has 0 aliphatic carbocycles. The molecule has 27 heavy (non-hydrogen) atoms. The monoisotopic (exact) mass is 362 g/mol. The van der Waals surface area contributed by atoms with Crippen LogP contribution >= 0.6 is 0 Å². The largest absolute Gasteiger partial charge is 0.465 e. The maximum absolute atomic E-state index is 12.2. The number of carbonyl (C=O) groups excluding carboxylic acids is 2. The second kappa shape index (κ2) is 8.53. The van der Waals surface area contributed by atoms with Gasteiger partial charge in [-0.2, -0.15) is 0 Å². The molecule has 0 radical (unpaired) electrons. The normalized spacial score (nSPS) is 11.1. The van der Waals surface area contributed by atoms with E-state index in [1.54, 1.807) is 48.6 Å². The predicted molar refractivity (Wildman–Crippen MR) is 104 cm³/mol.